The Hall–Kier alpha value is -2.49. The molecule has 1 N–H and O–H groups in total. The summed E-state index contributed by atoms with van der Waals surface area (Å²) in [7, 11) is 0. The molecule has 0 spiro atoms. The van der Waals surface area contributed by atoms with Gasteiger partial charge in [-0.05, 0) is 42.8 Å². The van der Waals surface area contributed by atoms with Crippen LogP contribution < -0.4 is 5.32 Å². The van der Waals surface area contributed by atoms with Crippen molar-refractivity contribution >= 4 is 22.4 Å². The van der Waals surface area contributed by atoms with Crippen LogP contribution >= 0.6 is 0 Å². The van der Waals surface area contributed by atoms with Gasteiger partial charge in [-0.15, -0.1) is 0 Å². The van der Waals surface area contributed by atoms with E-state index in [1.807, 2.05) is 24.3 Å². The molecule has 0 amide bonds. The van der Waals surface area contributed by atoms with Crippen LogP contribution in [0.15, 0.2) is 48.8 Å². The summed E-state index contributed by atoms with van der Waals surface area (Å²) in [6.07, 6.45) is 1.51. The molecular formula is C15H12FN3. The average molecular weight is 253 g/mol. The van der Waals surface area contributed by atoms with E-state index in [2.05, 4.69) is 15.3 Å². The van der Waals surface area contributed by atoms with Crippen LogP contribution in [-0.2, 0) is 0 Å². The zero-order valence-electron chi connectivity index (χ0n) is 10.4. The molecule has 0 saturated carbocycles. The number of rotatable bonds is 2. The minimum atomic E-state index is -0.210. The van der Waals surface area contributed by atoms with Crippen molar-refractivity contribution in [3.63, 3.8) is 0 Å². The third kappa shape index (κ3) is 2.25. The molecule has 0 aliphatic carbocycles. The highest BCUT2D eigenvalue weighted by atomic mass is 19.1. The Labute approximate surface area is 110 Å². The van der Waals surface area contributed by atoms with Gasteiger partial charge in [0.25, 0.3) is 0 Å². The van der Waals surface area contributed by atoms with Gasteiger partial charge in [0.2, 0.25) is 0 Å². The topological polar surface area (TPSA) is 37.8 Å². The molecule has 1 aromatic heterocycles. The molecule has 0 bridgehead atoms. The van der Waals surface area contributed by atoms with Crippen LogP contribution in [0.4, 0.5) is 15.9 Å². The Morgan fingerprint density at radius 1 is 1.05 bits per heavy atom. The predicted molar refractivity (Wildman–Crippen MR) is 74.0 cm³/mol. The van der Waals surface area contributed by atoms with Crippen LogP contribution in [0.5, 0.6) is 0 Å². The van der Waals surface area contributed by atoms with Crippen molar-refractivity contribution in [1.29, 1.82) is 0 Å². The molecule has 0 atom stereocenters. The molecule has 0 aliphatic heterocycles. The molecule has 0 aliphatic rings. The lowest BCUT2D eigenvalue weighted by Crippen LogP contribution is -1.96. The lowest BCUT2D eigenvalue weighted by Gasteiger charge is -2.09. The predicted octanol–water partition coefficient (Wildman–Crippen LogP) is 3.82. The molecular weight excluding hydrogens is 241 g/mol. The number of aromatic nitrogens is 2. The van der Waals surface area contributed by atoms with Gasteiger partial charge in [0.1, 0.15) is 18.0 Å². The van der Waals surface area contributed by atoms with Gasteiger partial charge < -0.3 is 5.32 Å². The van der Waals surface area contributed by atoms with Gasteiger partial charge in [0.15, 0.2) is 0 Å². The summed E-state index contributed by atoms with van der Waals surface area (Å²) in [6.45, 7) is 1.73. The maximum atomic E-state index is 13.2. The van der Waals surface area contributed by atoms with E-state index in [9.17, 15) is 4.39 Å². The zero-order chi connectivity index (χ0) is 13.2. The first-order valence-electron chi connectivity index (χ1n) is 5.97. The zero-order valence-corrected chi connectivity index (χ0v) is 10.4. The number of aryl methyl sites for hydroxylation is 1. The first kappa shape index (κ1) is 11.6. The molecule has 3 aromatic rings. The smallest absolute Gasteiger partial charge is 0.141 e. The van der Waals surface area contributed by atoms with Crippen molar-refractivity contribution in [3.8, 4) is 0 Å². The summed E-state index contributed by atoms with van der Waals surface area (Å²) in [5, 5.41) is 4.13. The van der Waals surface area contributed by atoms with Crippen molar-refractivity contribution in [2.75, 3.05) is 5.32 Å². The molecule has 0 radical (unpaired) electrons. The molecule has 94 valence electrons. The highest BCUT2D eigenvalue weighted by Gasteiger charge is 2.04. The molecule has 4 heteroatoms. The molecule has 3 nitrogen and oxygen atoms in total. The van der Waals surface area contributed by atoms with Crippen LogP contribution in [-0.4, -0.2) is 9.97 Å². The summed E-state index contributed by atoms with van der Waals surface area (Å²) in [5.41, 5.74) is 2.28. The Morgan fingerprint density at radius 3 is 2.74 bits per heavy atom. The normalized spacial score (nSPS) is 10.6. The number of anilines is 2. The monoisotopic (exact) mass is 253 g/mol. The van der Waals surface area contributed by atoms with Crippen LogP contribution in [0.3, 0.4) is 0 Å². The van der Waals surface area contributed by atoms with E-state index in [-0.39, 0.29) is 5.82 Å². The summed E-state index contributed by atoms with van der Waals surface area (Å²) in [5.74, 6) is 0.509. The van der Waals surface area contributed by atoms with Crippen molar-refractivity contribution in [2.24, 2.45) is 0 Å². The fourth-order valence-corrected chi connectivity index (χ4v) is 1.96. The van der Waals surface area contributed by atoms with Crippen molar-refractivity contribution in [1.82, 2.24) is 9.97 Å². The average Bonchev–Trinajstić information content (AvgIpc) is 2.43. The largest absolute Gasteiger partial charge is 0.340 e. The molecule has 1 heterocycles. The first-order valence-corrected chi connectivity index (χ1v) is 5.97. The highest BCUT2D eigenvalue weighted by Crippen LogP contribution is 2.23. The maximum absolute atomic E-state index is 13.2. The van der Waals surface area contributed by atoms with Crippen molar-refractivity contribution in [2.45, 2.75) is 6.92 Å². The van der Waals surface area contributed by atoms with Gasteiger partial charge in [-0.1, -0.05) is 12.1 Å². The van der Waals surface area contributed by atoms with Crippen LogP contribution in [0.1, 0.15) is 5.56 Å². The molecule has 0 saturated heterocycles. The quantitative estimate of drug-likeness (QED) is 0.754. The Balaban J connectivity index is 2.03. The lowest BCUT2D eigenvalue weighted by atomic mass is 10.2. The second-order valence-electron chi connectivity index (χ2n) is 4.33. The summed E-state index contributed by atoms with van der Waals surface area (Å²) >= 11 is 0. The van der Waals surface area contributed by atoms with E-state index in [0.29, 0.717) is 5.56 Å². The Kier molecular flexibility index (Phi) is 2.83. The lowest BCUT2D eigenvalue weighted by molar-refractivity contribution is 0.619. The third-order valence-corrected chi connectivity index (χ3v) is 2.96. The Bertz CT molecular complexity index is 735. The van der Waals surface area contributed by atoms with Crippen molar-refractivity contribution in [3.05, 3.63) is 60.2 Å². The van der Waals surface area contributed by atoms with Crippen LogP contribution in [0.25, 0.3) is 10.9 Å². The van der Waals surface area contributed by atoms with Gasteiger partial charge >= 0.3 is 0 Å². The van der Waals surface area contributed by atoms with E-state index in [4.69, 9.17) is 0 Å². The molecule has 0 unspecified atom stereocenters. The van der Waals surface area contributed by atoms with Gasteiger partial charge in [-0.3, -0.25) is 0 Å². The van der Waals surface area contributed by atoms with E-state index in [1.54, 1.807) is 19.1 Å². The number of nitrogens with one attached hydrogen (secondary N) is 1. The molecule has 19 heavy (non-hydrogen) atoms. The summed E-state index contributed by atoms with van der Waals surface area (Å²) < 4.78 is 13.2. The molecule has 0 fully saturated rings. The Morgan fingerprint density at radius 2 is 1.89 bits per heavy atom. The van der Waals surface area contributed by atoms with E-state index >= 15 is 0 Å². The fraction of sp³-hybridized carbons (Fsp3) is 0.0667. The standard InChI is InChI=1S/C15H12FN3/c1-10-8-11(6-7-13(10)16)19-15-12-4-2-3-5-14(12)17-9-18-15/h2-9H,1H3,(H,17,18,19). The summed E-state index contributed by atoms with van der Waals surface area (Å²) in [6, 6.07) is 12.6. The number of hydrogen-bond acceptors (Lipinski definition) is 3. The van der Waals surface area contributed by atoms with Crippen molar-refractivity contribution < 1.29 is 4.39 Å². The maximum Gasteiger partial charge on any atom is 0.141 e. The van der Waals surface area contributed by atoms with Gasteiger partial charge in [-0.2, -0.15) is 0 Å². The number of hydrogen-bond donors (Lipinski definition) is 1. The number of fused-ring (bicyclic) bond motifs is 1. The molecule has 3 rings (SSSR count). The van der Waals surface area contributed by atoms with Crippen LogP contribution in [0, 0.1) is 12.7 Å². The summed E-state index contributed by atoms with van der Waals surface area (Å²) in [4.78, 5) is 8.44. The minimum Gasteiger partial charge on any atom is -0.340 e. The van der Waals surface area contributed by atoms with Gasteiger partial charge in [0.05, 0.1) is 5.52 Å². The van der Waals surface area contributed by atoms with E-state index < -0.39 is 0 Å². The number of nitrogens with zero attached hydrogens (tertiary/aromatic N) is 2. The SMILES string of the molecule is Cc1cc(Nc2ncnc3ccccc23)ccc1F. The van der Waals surface area contributed by atoms with Crippen LogP contribution in [0.2, 0.25) is 0 Å². The minimum absolute atomic E-state index is 0.210. The number of halogens is 1. The van der Waals surface area contributed by atoms with E-state index in [0.717, 1.165) is 22.4 Å². The van der Waals surface area contributed by atoms with Gasteiger partial charge in [-0.25, -0.2) is 14.4 Å². The second kappa shape index (κ2) is 4.65. The molecule has 2 aromatic carbocycles. The van der Waals surface area contributed by atoms with E-state index in [1.165, 1.54) is 12.4 Å². The van der Waals surface area contributed by atoms with Gasteiger partial charge in [0, 0.05) is 11.1 Å². The fourth-order valence-electron chi connectivity index (χ4n) is 1.96. The number of benzene rings is 2. The highest BCUT2D eigenvalue weighted by molar-refractivity contribution is 5.90. The first-order chi connectivity index (χ1) is 9.24. The second-order valence-corrected chi connectivity index (χ2v) is 4.33. The third-order valence-electron chi connectivity index (χ3n) is 2.96. The number of para-hydroxylation sites is 1.